The highest BCUT2D eigenvalue weighted by molar-refractivity contribution is 7.13. The van der Waals surface area contributed by atoms with Crippen molar-refractivity contribution in [2.75, 3.05) is 0 Å². The van der Waals surface area contributed by atoms with E-state index in [-0.39, 0.29) is 5.78 Å². The van der Waals surface area contributed by atoms with Crippen LogP contribution in [0.4, 0.5) is 0 Å². The molecule has 1 aromatic heterocycles. The second-order valence-electron chi connectivity index (χ2n) is 4.41. The summed E-state index contributed by atoms with van der Waals surface area (Å²) >= 11 is 1.70. The Bertz CT molecular complexity index is 567. The quantitative estimate of drug-likeness (QED) is 0.582. The zero-order valence-electron chi connectivity index (χ0n) is 10.6. The van der Waals surface area contributed by atoms with Crippen molar-refractivity contribution < 1.29 is 4.79 Å². The summed E-state index contributed by atoms with van der Waals surface area (Å²) in [5, 5.41) is 0. The zero-order valence-corrected chi connectivity index (χ0v) is 11.4. The molecule has 17 heavy (non-hydrogen) atoms. The first-order valence-electron chi connectivity index (χ1n) is 5.68. The maximum atomic E-state index is 12.4. The van der Waals surface area contributed by atoms with Crippen molar-refractivity contribution in [3.05, 3.63) is 50.7 Å². The number of aryl methyl sites for hydroxylation is 3. The van der Waals surface area contributed by atoms with Gasteiger partial charge in [0.15, 0.2) is 5.78 Å². The molecule has 0 fully saturated rings. The third kappa shape index (κ3) is 2.20. The Morgan fingerprint density at radius 2 is 1.65 bits per heavy atom. The normalized spacial score (nSPS) is 10.5. The van der Waals surface area contributed by atoms with Crippen LogP contribution >= 0.6 is 11.3 Å². The first-order chi connectivity index (χ1) is 8.00. The Morgan fingerprint density at radius 1 is 1.06 bits per heavy atom. The Balaban J connectivity index is 2.47. The smallest absolute Gasteiger partial charge is 0.193 e. The molecule has 2 rings (SSSR count). The molecule has 0 bridgehead atoms. The predicted octanol–water partition coefficient (Wildman–Crippen LogP) is 2.16. The van der Waals surface area contributed by atoms with Crippen LogP contribution in [0, 0.1) is 20.8 Å². The molecule has 1 aromatic carbocycles. The van der Waals surface area contributed by atoms with E-state index in [9.17, 15) is 4.79 Å². The summed E-state index contributed by atoms with van der Waals surface area (Å²) in [6.45, 7) is 6.12. The average molecular weight is 242 g/mol. The fraction of sp³-hybridized carbons (Fsp3) is 0.214. The van der Waals surface area contributed by atoms with Crippen LogP contribution in [0.3, 0.4) is 0 Å². The van der Waals surface area contributed by atoms with Crippen LogP contribution in [0.1, 0.15) is 31.2 Å². The van der Waals surface area contributed by atoms with Gasteiger partial charge in [-0.15, -0.1) is 11.3 Å². The lowest BCUT2D eigenvalue weighted by Crippen LogP contribution is -2.16. The molecule has 1 nitrogen and oxygen atoms in total. The molecular weight excluding hydrogens is 227 g/mol. The molecule has 86 valence electrons. The third-order valence-corrected chi connectivity index (χ3v) is 4.22. The summed E-state index contributed by atoms with van der Waals surface area (Å²) in [7, 11) is 2.03. The van der Waals surface area contributed by atoms with Crippen LogP contribution in [0.2, 0.25) is 0 Å². The van der Waals surface area contributed by atoms with Gasteiger partial charge in [0, 0.05) is 16.0 Å². The maximum Gasteiger partial charge on any atom is 0.193 e. The first-order valence-corrected chi connectivity index (χ1v) is 6.50. The monoisotopic (exact) mass is 242 g/mol. The van der Waals surface area contributed by atoms with Crippen LogP contribution in [0.25, 0.3) is 0 Å². The van der Waals surface area contributed by atoms with Gasteiger partial charge in [0.1, 0.15) is 7.85 Å². The highest BCUT2D eigenvalue weighted by atomic mass is 32.1. The molecular formula is C14H15BOS. The molecule has 0 unspecified atom stereocenters. The van der Waals surface area contributed by atoms with E-state index in [1.165, 1.54) is 10.4 Å². The number of benzene rings is 1. The van der Waals surface area contributed by atoms with Crippen molar-refractivity contribution in [3.8, 4) is 0 Å². The van der Waals surface area contributed by atoms with Gasteiger partial charge in [-0.3, -0.25) is 4.79 Å². The van der Waals surface area contributed by atoms with Crippen molar-refractivity contribution >= 4 is 30.4 Å². The van der Waals surface area contributed by atoms with Gasteiger partial charge in [0.2, 0.25) is 0 Å². The van der Waals surface area contributed by atoms with E-state index < -0.39 is 0 Å². The number of carbonyl (C=O) groups is 1. The molecule has 0 aliphatic carbocycles. The molecule has 0 saturated heterocycles. The molecule has 1 heterocycles. The van der Waals surface area contributed by atoms with Gasteiger partial charge in [-0.25, -0.2) is 0 Å². The lowest BCUT2D eigenvalue weighted by molar-refractivity contribution is 0.103. The summed E-state index contributed by atoms with van der Waals surface area (Å²) < 4.78 is 0. The minimum atomic E-state index is 0.143. The van der Waals surface area contributed by atoms with Gasteiger partial charge in [0.25, 0.3) is 0 Å². The van der Waals surface area contributed by atoms with E-state index in [1.807, 2.05) is 46.0 Å². The second kappa shape index (κ2) is 4.50. The van der Waals surface area contributed by atoms with E-state index in [0.717, 1.165) is 21.5 Å². The number of thiophene rings is 1. The molecule has 0 N–H and O–H groups in total. The molecule has 0 saturated carbocycles. The Hall–Kier alpha value is -1.35. The molecule has 0 aliphatic heterocycles. The molecule has 3 heteroatoms. The Labute approximate surface area is 107 Å². The van der Waals surface area contributed by atoms with Gasteiger partial charge in [-0.1, -0.05) is 35.3 Å². The Kier molecular flexibility index (Phi) is 3.21. The van der Waals surface area contributed by atoms with Crippen molar-refractivity contribution in [1.82, 2.24) is 0 Å². The molecule has 0 spiro atoms. The zero-order chi connectivity index (χ0) is 12.6. The van der Waals surface area contributed by atoms with Gasteiger partial charge in [-0.2, -0.15) is 0 Å². The van der Waals surface area contributed by atoms with Crippen molar-refractivity contribution in [3.63, 3.8) is 0 Å². The van der Waals surface area contributed by atoms with Crippen LogP contribution in [0.15, 0.2) is 24.3 Å². The van der Waals surface area contributed by atoms with Gasteiger partial charge >= 0.3 is 0 Å². The summed E-state index contributed by atoms with van der Waals surface area (Å²) in [5.74, 6) is 0.143. The molecule has 0 radical (unpaired) electrons. The van der Waals surface area contributed by atoms with Gasteiger partial charge in [-0.05, 0) is 25.6 Å². The predicted molar refractivity (Wildman–Crippen MR) is 76.6 cm³/mol. The third-order valence-electron chi connectivity index (χ3n) is 3.10. The second-order valence-corrected chi connectivity index (χ2v) is 5.84. The minimum absolute atomic E-state index is 0.143. The SMILES string of the molecule is Bc1c(C)sc(C)c1C(=O)c1ccc(C)cc1. The minimum Gasteiger partial charge on any atom is -0.289 e. The number of ketones is 1. The first kappa shape index (κ1) is 12.1. The highest BCUT2D eigenvalue weighted by Crippen LogP contribution is 2.20. The van der Waals surface area contributed by atoms with Crippen molar-refractivity contribution in [1.29, 1.82) is 0 Å². The molecule has 0 amide bonds. The number of hydrogen-bond acceptors (Lipinski definition) is 2. The number of rotatable bonds is 2. The van der Waals surface area contributed by atoms with E-state index >= 15 is 0 Å². The number of carbonyl (C=O) groups excluding carboxylic acids is 1. The van der Waals surface area contributed by atoms with Crippen LogP contribution in [-0.2, 0) is 0 Å². The fourth-order valence-electron chi connectivity index (χ4n) is 1.98. The molecule has 0 atom stereocenters. The summed E-state index contributed by atoms with van der Waals surface area (Å²) in [5.41, 5.74) is 3.96. The van der Waals surface area contributed by atoms with E-state index in [2.05, 4.69) is 6.92 Å². The summed E-state index contributed by atoms with van der Waals surface area (Å²) in [6.07, 6.45) is 0. The summed E-state index contributed by atoms with van der Waals surface area (Å²) in [4.78, 5) is 14.8. The molecule has 0 aliphatic rings. The van der Waals surface area contributed by atoms with Crippen molar-refractivity contribution in [2.24, 2.45) is 0 Å². The van der Waals surface area contributed by atoms with E-state index in [4.69, 9.17) is 0 Å². The lowest BCUT2D eigenvalue weighted by atomic mass is 9.87. The number of hydrogen-bond donors (Lipinski definition) is 0. The molecule has 2 aromatic rings. The average Bonchev–Trinajstić information content (AvgIpc) is 2.53. The van der Waals surface area contributed by atoms with Gasteiger partial charge < -0.3 is 0 Å². The summed E-state index contributed by atoms with van der Waals surface area (Å²) in [6, 6.07) is 7.78. The highest BCUT2D eigenvalue weighted by Gasteiger charge is 2.17. The topological polar surface area (TPSA) is 17.1 Å². The standard InChI is InChI=1S/C14H15BOS/c1-8-4-6-11(7-5-8)14(16)12-9(2)17-10(3)13(12)15/h4-7H,15H2,1-3H3. The van der Waals surface area contributed by atoms with E-state index in [1.54, 1.807) is 11.3 Å². The Morgan fingerprint density at radius 3 is 2.12 bits per heavy atom. The lowest BCUT2D eigenvalue weighted by Gasteiger charge is -2.03. The van der Waals surface area contributed by atoms with E-state index in [0.29, 0.717) is 0 Å². The van der Waals surface area contributed by atoms with Crippen LogP contribution in [0.5, 0.6) is 0 Å². The fourth-order valence-corrected chi connectivity index (χ4v) is 3.04. The maximum absolute atomic E-state index is 12.4. The van der Waals surface area contributed by atoms with Crippen LogP contribution < -0.4 is 5.46 Å². The van der Waals surface area contributed by atoms with Crippen LogP contribution in [-0.4, -0.2) is 13.6 Å². The largest absolute Gasteiger partial charge is 0.289 e. The van der Waals surface area contributed by atoms with Crippen molar-refractivity contribution in [2.45, 2.75) is 20.8 Å². The van der Waals surface area contributed by atoms with Gasteiger partial charge in [0.05, 0.1) is 0 Å².